The van der Waals surface area contributed by atoms with Crippen LogP contribution in [0.2, 0.25) is 0 Å². The summed E-state index contributed by atoms with van der Waals surface area (Å²) in [5.41, 5.74) is 0. The molecule has 2 heterocycles. The van der Waals surface area contributed by atoms with Crippen molar-refractivity contribution < 1.29 is 9.53 Å². The molecule has 4 aliphatic rings. The predicted octanol–water partition coefficient (Wildman–Crippen LogP) is 1.96. The maximum absolute atomic E-state index is 11.6. The summed E-state index contributed by atoms with van der Waals surface area (Å²) in [6.45, 7) is 0. The van der Waals surface area contributed by atoms with Gasteiger partial charge in [-0.25, -0.2) is 0 Å². The topological polar surface area (TPSA) is 26.3 Å². The number of esters is 1. The van der Waals surface area contributed by atoms with E-state index in [-0.39, 0.29) is 23.4 Å². The van der Waals surface area contributed by atoms with Crippen LogP contribution in [-0.2, 0) is 9.53 Å². The Morgan fingerprint density at radius 3 is 2.92 bits per heavy atom. The highest BCUT2D eigenvalue weighted by atomic mass is 35.5. The van der Waals surface area contributed by atoms with E-state index in [4.69, 9.17) is 16.3 Å². The number of hydrogen-bond acceptors (Lipinski definition) is 2. The summed E-state index contributed by atoms with van der Waals surface area (Å²) >= 11 is 6.27. The first-order valence-corrected chi connectivity index (χ1v) is 5.52. The molecule has 0 amide bonds. The fourth-order valence-corrected chi connectivity index (χ4v) is 3.68. The number of rotatable bonds is 0. The molecule has 13 heavy (non-hydrogen) atoms. The summed E-state index contributed by atoms with van der Waals surface area (Å²) in [5.74, 6) is 1.21. The van der Waals surface area contributed by atoms with Crippen molar-refractivity contribution in [1.29, 1.82) is 0 Å². The van der Waals surface area contributed by atoms with Gasteiger partial charge in [-0.3, -0.25) is 4.79 Å². The van der Waals surface area contributed by atoms with Crippen molar-refractivity contribution in [3.63, 3.8) is 0 Å². The van der Waals surface area contributed by atoms with Crippen molar-refractivity contribution in [2.24, 2.45) is 17.8 Å². The average molecular weight is 201 g/mol. The van der Waals surface area contributed by atoms with Crippen LogP contribution in [0.1, 0.15) is 25.7 Å². The first kappa shape index (κ1) is 8.10. The van der Waals surface area contributed by atoms with E-state index in [2.05, 4.69) is 0 Å². The zero-order valence-electron chi connectivity index (χ0n) is 7.41. The molecule has 4 rings (SSSR count). The van der Waals surface area contributed by atoms with Crippen molar-refractivity contribution in [2.45, 2.75) is 37.2 Å². The Morgan fingerprint density at radius 2 is 2.08 bits per heavy atom. The molecule has 4 bridgehead atoms. The fraction of sp³-hybridized carbons (Fsp3) is 0.900. The van der Waals surface area contributed by atoms with Crippen LogP contribution in [0.3, 0.4) is 0 Å². The number of ether oxygens (including phenoxy) is 1. The van der Waals surface area contributed by atoms with E-state index >= 15 is 0 Å². The summed E-state index contributed by atoms with van der Waals surface area (Å²) < 4.78 is 5.38. The third kappa shape index (κ3) is 1.11. The van der Waals surface area contributed by atoms with Gasteiger partial charge in [0.1, 0.15) is 6.10 Å². The van der Waals surface area contributed by atoms with Gasteiger partial charge in [-0.1, -0.05) is 0 Å². The minimum atomic E-state index is -0.0327. The summed E-state index contributed by atoms with van der Waals surface area (Å²) in [5, 5.41) is 0.0500. The molecule has 0 aromatic heterocycles. The lowest BCUT2D eigenvalue weighted by atomic mass is 9.68. The maximum atomic E-state index is 11.6. The lowest BCUT2D eigenvalue weighted by Crippen LogP contribution is -2.38. The van der Waals surface area contributed by atoms with E-state index in [0.29, 0.717) is 11.8 Å². The normalized spacial score (nSPS) is 53.3. The smallest absolute Gasteiger partial charge is 0.310 e. The second-order valence-electron chi connectivity index (χ2n) is 4.68. The average Bonchev–Trinajstić information content (AvgIpc) is 2.24. The zero-order valence-corrected chi connectivity index (χ0v) is 8.17. The molecule has 0 radical (unpaired) electrons. The van der Waals surface area contributed by atoms with Crippen molar-refractivity contribution >= 4 is 17.6 Å². The molecule has 0 aromatic rings. The van der Waals surface area contributed by atoms with Gasteiger partial charge in [0.05, 0.1) is 5.92 Å². The lowest BCUT2D eigenvalue weighted by molar-refractivity contribution is -0.151. The van der Waals surface area contributed by atoms with E-state index in [1.165, 1.54) is 6.42 Å². The standard InChI is InChI=1S/C10H13ClO2/c11-9-6-1-5-2-7(4-6)13-10(12)8(9)3-5/h5-9H,1-4H2. The molecule has 72 valence electrons. The van der Waals surface area contributed by atoms with Crippen LogP contribution in [0.25, 0.3) is 0 Å². The van der Waals surface area contributed by atoms with Crippen LogP contribution in [0.15, 0.2) is 0 Å². The molecule has 0 N–H and O–H groups in total. The monoisotopic (exact) mass is 200 g/mol. The molecule has 0 aromatic carbocycles. The highest BCUT2D eigenvalue weighted by molar-refractivity contribution is 6.22. The molecular weight excluding hydrogens is 188 g/mol. The van der Waals surface area contributed by atoms with Crippen LogP contribution in [-0.4, -0.2) is 17.5 Å². The van der Waals surface area contributed by atoms with Crippen LogP contribution < -0.4 is 0 Å². The van der Waals surface area contributed by atoms with E-state index in [0.717, 1.165) is 19.3 Å². The number of fused-ring (bicyclic) bond motifs is 1. The van der Waals surface area contributed by atoms with Crippen molar-refractivity contribution in [3.05, 3.63) is 0 Å². The summed E-state index contributed by atoms with van der Waals surface area (Å²) in [7, 11) is 0. The predicted molar refractivity (Wildman–Crippen MR) is 48.5 cm³/mol. The minimum Gasteiger partial charge on any atom is -0.462 e. The highest BCUT2D eigenvalue weighted by Crippen LogP contribution is 2.49. The van der Waals surface area contributed by atoms with Gasteiger partial charge in [0, 0.05) is 5.38 Å². The van der Waals surface area contributed by atoms with Crippen molar-refractivity contribution in [1.82, 2.24) is 0 Å². The van der Waals surface area contributed by atoms with Crippen LogP contribution >= 0.6 is 11.6 Å². The summed E-state index contributed by atoms with van der Waals surface area (Å²) in [4.78, 5) is 11.6. The Labute approximate surface area is 82.6 Å². The van der Waals surface area contributed by atoms with Crippen LogP contribution in [0.4, 0.5) is 0 Å². The van der Waals surface area contributed by atoms with E-state index < -0.39 is 0 Å². The van der Waals surface area contributed by atoms with Crippen LogP contribution in [0.5, 0.6) is 0 Å². The van der Waals surface area contributed by atoms with E-state index in [9.17, 15) is 4.79 Å². The van der Waals surface area contributed by atoms with Gasteiger partial charge >= 0.3 is 5.97 Å². The second-order valence-corrected chi connectivity index (χ2v) is 5.18. The van der Waals surface area contributed by atoms with Crippen molar-refractivity contribution in [2.75, 3.05) is 0 Å². The molecule has 4 fully saturated rings. The lowest BCUT2D eigenvalue weighted by Gasteiger charge is -2.39. The largest absolute Gasteiger partial charge is 0.462 e. The summed E-state index contributed by atoms with van der Waals surface area (Å²) in [6.07, 6.45) is 4.47. The number of carbonyl (C=O) groups excluding carboxylic acids is 1. The molecular formula is C10H13ClO2. The highest BCUT2D eigenvalue weighted by Gasteiger charge is 2.49. The fourth-order valence-electron chi connectivity index (χ4n) is 3.27. The van der Waals surface area contributed by atoms with Gasteiger partial charge in [0.2, 0.25) is 0 Å². The van der Waals surface area contributed by atoms with Crippen LogP contribution in [0, 0.1) is 17.8 Å². The van der Waals surface area contributed by atoms with Gasteiger partial charge in [0.25, 0.3) is 0 Å². The van der Waals surface area contributed by atoms with Crippen molar-refractivity contribution in [3.8, 4) is 0 Å². The first-order valence-electron chi connectivity index (χ1n) is 5.08. The Bertz CT molecular complexity index is 253. The first-order chi connectivity index (χ1) is 6.24. The number of carbonyl (C=O) groups is 1. The molecule has 2 saturated carbocycles. The van der Waals surface area contributed by atoms with Gasteiger partial charge in [0.15, 0.2) is 0 Å². The van der Waals surface area contributed by atoms with Gasteiger partial charge in [-0.05, 0) is 37.5 Å². The van der Waals surface area contributed by atoms with E-state index in [1.54, 1.807) is 0 Å². The Balaban J connectivity index is 1.99. The Kier molecular flexibility index (Phi) is 1.64. The summed E-state index contributed by atoms with van der Waals surface area (Å²) in [6, 6.07) is 0. The Morgan fingerprint density at radius 1 is 1.23 bits per heavy atom. The second kappa shape index (κ2) is 2.63. The van der Waals surface area contributed by atoms with Gasteiger partial charge < -0.3 is 4.74 Å². The molecule has 3 heteroatoms. The van der Waals surface area contributed by atoms with Gasteiger partial charge in [-0.2, -0.15) is 0 Å². The SMILES string of the molecule is O=C1OC2CC3CC(C2)C(Cl)C1C3. The molecule has 5 atom stereocenters. The Hall–Kier alpha value is -0.240. The third-order valence-corrected chi connectivity index (χ3v) is 4.47. The minimum absolute atomic E-state index is 0.00193. The zero-order chi connectivity index (χ0) is 9.00. The third-order valence-electron chi connectivity index (χ3n) is 3.81. The molecule has 2 aliphatic carbocycles. The molecule has 2 nitrogen and oxygen atoms in total. The quantitative estimate of drug-likeness (QED) is 0.442. The molecule has 0 spiro atoms. The molecule has 2 aliphatic heterocycles. The number of alkyl halides is 1. The maximum Gasteiger partial charge on any atom is 0.310 e. The molecule has 5 unspecified atom stereocenters. The number of hydrogen-bond donors (Lipinski definition) is 0. The van der Waals surface area contributed by atoms with Gasteiger partial charge in [-0.15, -0.1) is 11.6 Å². The molecule has 2 saturated heterocycles. The number of halogens is 1. The van der Waals surface area contributed by atoms with E-state index in [1.807, 2.05) is 0 Å².